The zero-order valence-corrected chi connectivity index (χ0v) is 15.0. The van der Waals surface area contributed by atoms with Crippen LogP contribution in [0.25, 0.3) is 22.3 Å². The number of benzene rings is 2. The summed E-state index contributed by atoms with van der Waals surface area (Å²) in [5.74, 6) is 1.62. The minimum atomic E-state index is 0.363. The molecule has 1 aliphatic rings. The number of ether oxygens (including phenoxy) is 1. The maximum absolute atomic E-state index is 5.88. The number of rotatable bonds is 4. The molecule has 0 N–H and O–H groups in total. The Morgan fingerprint density at radius 3 is 2.44 bits per heavy atom. The van der Waals surface area contributed by atoms with Gasteiger partial charge in [0.15, 0.2) is 13.6 Å². The van der Waals surface area contributed by atoms with E-state index in [2.05, 4.69) is 22.8 Å². The Kier molecular flexibility index (Phi) is 3.87. The average molecular weight is 355 g/mol. The topological polar surface area (TPSA) is 56.1 Å². The van der Waals surface area contributed by atoms with Crippen molar-refractivity contribution < 1.29 is 4.74 Å². The van der Waals surface area contributed by atoms with Gasteiger partial charge < -0.3 is 9.55 Å². The highest BCUT2D eigenvalue weighted by molar-refractivity contribution is 6.05. The van der Waals surface area contributed by atoms with Crippen molar-refractivity contribution in [1.29, 1.82) is 0 Å². The zero-order valence-electron chi connectivity index (χ0n) is 15.0. The molecule has 0 bridgehead atoms. The van der Waals surface area contributed by atoms with Gasteiger partial charge >= 0.3 is 0 Å². The van der Waals surface area contributed by atoms with Crippen molar-refractivity contribution in [3.63, 3.8) is 0 Å². The largest absolute Gasteiger partial charge is 0.457 e. The summed E-state index contributed by atoms with van der Waals surface area (Å²) in [6.07, 6.45) is 3.43. The van der Waals surface area contributed by atoms with Crippen molar-refractivity contribution in [3.05, 3.63) is 67.1 Å². The molecule has 0 unspecified atom stereocenters. The summed E-state index contributed by atoms with van der Waals surface area (Å²) in [6, 6.07) is 18.1. The summed E-state index contributed by atoms with van der Waals surface area (Å²) in [5, 5.41) is 5.85. The molecule has 4 aromatic rings. The number of hydrogen-bond acceptors (Lipinski definition) is 5. The first kappa shape index (κ1) is 16.0. The van der Waals surface area contributed by atoms with Crippen molar-refractivity contribution in [2.24, 2.45) is 0 Å². The number of para-hydroxylation sites is 1. The maximum Gasteiger partial charge on any atom is 0.185 e. The van der Waals surface area contributed by atoms with Crippen LogP contribution in [-0.4, -0.2) is 45.6 Å². The van der Waals surface area contributed by atoms with E-state index in [0.717, 1.165) is 46.9 Å². The molecule has 1 fully saturated rings. The minimum Gasteiger partial charge on any atom is -0.457 e. The fourth-order valence-electron chi connectivity index (χ4n) is 3.48. The van der Waals surface area contributed by atoms with Crippen LogP contribution >= 0.6 is 0 Å². The number of fused-ring (bicyclic) bond motifs is 1. The van der Waals surface area contributed by atoms with Crippen molar-refractivity contribution >= 4 is 19.0 Å². The second-order valence-corrected chi connectivity index (χ2v) is 6.87. The third kappa shape index (κ3) is 2.96. The summed E-state index contributed by atoms with van der Waals surface area (Å²) in [4.78, 5) is 11.0. The fourth-order valence-corrected chi connectivity index (χ4v) is 3.48. The molecule has 0 atom stereocenters. The molecular weight excluding hydrogens is 337 g/mol. The third-order valence-electron chi connectivity index (χ3n) is 4.87. The number of hydrogen-bond donors (Lipinski definition) is 0. The second kappa shape index (κ2) is 6.52. The summed E-state index contributed by atoms with van der Waals surface area (Å²) in [5.41, 5.74) is 2.83. The number of nitrogens with zero attached hydrogens (tertiary/aromatic N) is 5. The molecule has 0 saturated carbocycles. The van der Waals surface area contributed by atoms with Gasteiger partial charge in [0.2, 0.25) is 0 Å². The predicted molar refractivity (Wildman–Crippen MR) is 106 cm³/mol. The van der Waals surface area contributed by atoms with Crippen LogP contribution in [-0.2, 0) is 0 Å². The van der Waals surface area contributed by atoms with Gasteiger partial charge in [-0.2, -0.15) is 5.10 Å². The molecule has 1 aliphatic heterocycles. The summed E-state index contributed by atoms with van der Waals surface area (Å²) < 4.78 is 7.93. The van der Waals surface area contributed by atoms with Crippen LogP contribution in [0.3, 0.4) is 0 Å². The highest BCUT2D eigenvalue weighted by Crippen LogP contribution is 2.32. The Labute approximate surface area is 157 Å². The Balaban J connectivity index is 1.48. The molecule has 0 radical (unpaired) electrons. The molecule has 132 valence electrons. The Morgan fingerprint density at radius 1 is 0.963 bits per heavy atom. The van der Waals surface area contributed by atoms with Crippen LogP contribution in [0, 0.1) is 0 Å². The van der Waals surface area contributed by atoms with Gasteiger partial charge in [-0.1, -0.05) is 18.2 Å². The van der Waals surface area contributed by atoms with Crippen molar-refractivity contribution in [2.75, 3.05) is 13.1 Å². The monoisotopic (exact) mass is 355 g/mol. The zero-order chi connectivity index (χ0) is 18.2. The Morgan fingerprint density at radius 2 is 1.70 bits per heavy atom. The molecule has 7 heteroatoms. The minimum absolute atomic E-state index is 0.363. The fraction of sp³-hybridized carbons (Fsp3) is 0.150. The van der Waals surface area contributed by atoms with Gasteiger partial charge in [-0.05, 0) is 36.4 Å². The second-order valence-electron chi connectivity index (χ2n) is 6.87. The molecule has 27 heavy (non-hydrogen) atoms. The van der Waals surface area contributed by atoms with Crippen molar-refractivity contribution in [1.82, 2.24) is 24.6 Å². The van der Waals surface area contributed by atoms with Gasteiger partial charge in [0.1, 0.15) is 23.5 Å². The van der Waals surface area contributed by atoms with E-state index in [1.54, 1.807) is 6.33 Å². The van der Waals surface area contributed by atoms with Crippen LogP contribution in [0.1, 0.15) is 6.04 Å². The lowest BCUT2D eigenvalue weighted by molar-refractivity contribution is 0.202. The first-order chi connectivity index (χ1) is 13.3. The lowest BCUT2D eigenvalue weighted by Crippen LogP contribution is -2.46. The van der Waals surface area contributed by atoms with E-state index in [4.69, 9.17) is 9.84 Å². The van der Waals surface area contributed by atoms with Crippen LogP contribution in [0.5, 0.6) is 11.5 Å². The van der Waals surface area contributed by atoms with Gasteiger partial charge in [0.25, 0.3) is 0 Å². The molecule has 2 aromatic heterocycles. The average Bonchev–Trinajstić information content (AvgIpc) is 3.06. The van der Waals surface area contributed by atoms with Crippen molar-refractivity contribution in [2.45, 2.75) is 6.04 Å². The van der Waals surface area contributed by atoms with Gasteiger partial charge in [-0.25, -0.2) is 14.6 Å². The van der Waals surface area contributed by atoms with Crippen molar-refractivity contribution in [3.8, 4) is 22.8 Å². The van der Waals surface area contributed by atoms with E-state index in [0.29, 0.717) is 6.04 Å². The summed E-state index contributed by atoms with van der Waals surface area (Å²) in [6.45, 7) is 1.98. The standard InChI is InChI=1S/C20H18BN5O/c21-25-11-15(12-25)26-20-18(10-22-13-23-20)19(24-26)14-6-8-17(9-7-14)27-16-4-2-1-3-5-16/h1-10,13,15H,11-12,21H2. The smallest absolute Gasteiger partial charge is 0.185 e. The normalized spacial score (nSPS) is 15.0. The molecule has 1 saturated heterocycles. The van der Waals surface area contributed by atoms with Gasteiger partial charge in [-0.3, -0.25) is 0 Å². The lowest BCUT2D eigenvalue weighted by atomic mass is 10.0. The van der Waals surface area contributed by atoms with E-state index >= 15 is 0 Å². The summed E-state index contributed by atoms with van der Waals surface area (Å²) in [7, 11) is 2.11. The SMILES string of the molecule is BN1CC(n2nc(-c3ccc(Oc4ccccc4)cc3)c3cncnc32)C1. The highest BCUT2D eigenvalue weighted by atomic mass is 16.5. The van der Waals surface area contributed by atoms with Gasteiger partial charge in [-0.15, -0.1) is 0 Å². The van der Waals surface area contributed by atoms with E-state index in [1.165, 1.54) is 0 Å². The van der Waals surface area contributed by atoms with E-state index in [-0.39, 0.29) is 0 Å². The molecule has 0 aliphatic carbocycles. The maximum atomic E-state index is 5.88. The molecule has 0 spiro atoms. The van der Waals surface area contributed by atoms with E-state index in [9.17, 15) is 0 Å². The van der Waals surface area contributed by atoms with E-state index in [1.807, 2.05) is 65.5 Å². The summed E-state index contributed by atoms with van der Waals surface area (Å²) >= 11 is 0. The first-order valence-corrected chi connectivity index (χ1v) is 8.98. The highest BCUT2D eigenvalue weighted by Gasteiger charge is 2.28. The van der Waals surface area contributed by atoms with Gasteiger partial charge in [0.05, 0.1) is 11.4 Å². The predicted octanol–water partition coefficient (Wildman–Crippen LogP) is 2.69. The Hall–Kier alpha value is -3.19. The quantitative estimate of drug-likeness (QED) is 0.527. The molecule has 3 heterocycles. The van der Waals surface area contributed by atoms with E-state index < -0.39 is 0 Å². The van der Waals surface area contributed by atoms with Crippen LogP contribution < -0.4 is 4.74 Å². The van der Waals surface area contributed by atoms with Crippen LogP contribution in [0.15, 0.2) is 67.1 Å². The molecule has 0 amide bonds. The molecule has 5 rings (SSSR count). The third-order valence-corrected chi connectivity index (χ3v) is 4.87. The first-order valence-electron chi connectivity index (χ1n) is 8.98. The Bertz CT molecular complexity index is 1070. The van der Waals surface area contributed by atoms with Crippen LogP contribution in [0.4, 0.5) is 0 Å². The lowest BCUT2D eigenvalue weighted by Gasteiger charge is -2.36. The number of aromatic nitrogens is 4. The molecule has 6 nitrogen and oxygen atoms in total. The molecular formula is C20H18BN5O. The van der Waals surface area contributed by atoms with Gasteiger partial charge in [0, 0.05) is 24.8 Å². The molecule has 2 aromatic carbocycles. The van der Waals surface area contributed by atoms with Crippen LogP contribution in [0.2, 0.25) is 0 Å².